The van der Waals surface area contributed by atoms with E-state index in [4.69, 9.17) is 5.73 Å². The second-order valence-electron chi connectivity index (χ2n) is 4.99. The minimum Gasteiger partial charge on any atom is -0.343 e. The minimum atomic E-state index is 0.0425. The van der Waals surface area contributed by atoms with Crippen molar-refractivity contribution >= 4 is 5.91 Å². The van der Waals surface area contributed by atoms with Crippen LogP contribution in [-0.2, 0) is 4.79 Å². The molecule has 0 aromatic heterocycles. The Labute approximate surface area is 99.4 Å². The lowest BCUT2D eigenvalue weighted by Gasteiger charge is -2.32. The fourth-order valence-corrected chi connectivity index (χ4v) is 2.38. The van der Waals surface area contributed by atoms with E-state index in [2.05, 4.69) is 6.92 Å². The van der Waals surface area contributed by atoms with E-state index < -0.39 is 0 Å². The van der Waals surface area contributed by atoms with E-state index in [-0.39, 0.29) is 11.9 Å². The molecule has 0 bridgehead atoms. The molecule has 16 heavy (non-hydrogen) atoms. The summed E-state index contributed by atoms with van der Waals surface area (Å²) in [5.41, 5.74) is 5.81. The van der Waals surface area contributed by atoms with Gasteiger partial charge in [-0.2, -0.15) is 0 Å². The molecule has 1 rings (SSSR count). The van der Waals surface area contributed by atoms with Crippen LogP contribution in [0.25, 0.3) is 0 Å². The number of likely N-dealkylation sites (tertiary alicyclic amines) is 1. The first kappa shape index (κ1) is 13.5. The van der Waals surface area contributed by atoms with Crippen molar-refractivity contribution in [3.8, 4) is 0 Å². The topological polar surface area (TPSA) is 46.3 Å². The van der Waals surface area contributed by atoms with E-state index in [9.17, 15) is 4.79 Å². The number of nitrogens with zero attached hydrogens (tertiary/aromatic N) is 1. The molecule has 1 unspecified atom stereocenters. The third-order valence-electron chi connectivity index (χ3n) is 3.63. The Hall–Kier alpha value is -0.570. The molecular formula is C13H26N2O. The molecule has 1 saturated heterocycles. The van der Waals surface area contributed by atoms with Gasteiger partial charge in [0, 0.05) is 25.6 Å². The van der Waals surface area contributed by atoms with Crippen molar-refractivity contribution in [3.63, 3.8) is 0 Å². The Morgan fingerprint density at radius 1 is 1.38 bits per heavy atom. The fourth-order valence-electron chi connectivity index (χ4n) is 2.38. The van der Waals surface area contributed by atoms with Crippen LogP contribution in [0.1, 0.15) is 52.4 Å². The molecule has 0 aromatic rings. The number of carbonyl (C=O) groups is 1. The summed E-state index contributed by atoms with van der Waals surface area (Å²) in [6, 6.07) is 0.0425. The number of hydrogen-bond donors (Lipinski definition) is 1. The Kier molecular flexibility index (Phi) is 5.81. The summed E-state index contributed by atoms with van der Waals surface area (Å²) in [4.78, 5) is 13.9. The quantitative estimate of drug-likeness (QED) is 0.781. The molecular weight excluding hydrogens is 200 g/mol. The van der Waals surface area contributed by atoms with Crippen molar-refractivity contribution in [1.29, 1.82) is 0 Å². The zero-order chi connectivity index (χ0) is 12.0. The molecule has 1 heterocycles. The maximum atomic E-state index is 11.9. The van der Waals surface area contributed by atoms with Gasteiger partial charge in [-0.3, -0.25) is 4.79 Å². The molecule has 2 N–H and O–H groups in total. The van der Waals surface area contributed by atoms with Crippen LogP contribution in [0.3, 0.4) is 0 Å². The van der Waals surface area contributed by atoms with E-state index in [1.165, 1.54) is 25.7 Å². The normalized spacial score (nSPS) is 19.8. The number of hydrogen-bond acceptors (Lipinski definition) is 2. The van der Waals surface area contributed by atoms with Crippen LogP contribution >= 0.6 is 0 Å². The third kappa shape index (κ3) is 4.12. The Morgan fingerprint density at radius 3 is 2.50 bits per heavy atom. The molecule has 94 valence electrons. The highest BCUT2D eigenvalue weighted by atomic mass is 16.2. The van der Waals surface area contributed by atoms with Gasteiger partial charge in [0.15, 0.2) is 0 Å². The number of rotatable bonds is 5. The second kappa shape index (κ2) is 6.89. The van der Waals surface area contributed by atoms with E-state index in [1.807, 2.05) is 11.8 Å². The fraction of sp³-hybridized carbons (Fsp3) is 0.923. The van der Waals surface area contributed by atoms with Gasteiger partial charge in [-0.05, 0) is 25.2 Å². The number of piperidine rings is 1. The molecule has 0 aliphatic carbocycles. The Morgan fingerprint density at radius 2 is 2.00 bits per heavy atom. The lowest BCUT2D eigenvalue weighted by Crippen LogP contribution is -2.40. The lowest BCUT2D eigenvalue weighted by molar-refractivity contribution is -0.133. The monoisotopic (exact) mass is 226 g/mol. The van der Waals surface area contributed by atoms with Gasteiger partial charge in [-0.1, -0.05) is 26.7 Å². The van der Waals surface area contributed by atoms with Gasteiger partial charge in [0.1, 0.15) is 0 Å². The first-order valence-electron chi connectivity index (χ1n) is 6.70. The van der Waals surface area contributed by atoms with Crippen LogP contribution in [0, 0.1) is 5.92 Å². The lowest BCUT2D eigenvalue weighted by atomic mass is 9.92. The van der Waals surface area contributed by atoms with Crippen LogP contribution in [0.4, 0.5) is 0 Å². The van der Waals surface area contributed by atoms with Crippen molar-refractivity contribution in [1.82, 2.24) is 4.90 Å². The predicted octanol–water partition coefficient (Wildman–Crippen LogP) is 2.15. The van der Waals surface area contributed by atoms with Crippen LogP contribution < -0.4 is 5.73 Å². The van der Waals surface area contributed by atoms with E-state index >= 15 is 0 Å². The molecule has 3 heteroatoms. The number of carbonyl (C=O) groups excluding carboxylic acids is 1. The molecule has 1 amide bonds. The number of amides is 1. The van der Waals surface area contributed by atoms with Gasteiger partial charge < -0.3 is 10.6 Å². The van der Waals surface area contributed by atoms with Crippen LogP contribution in [0.2, 0.25) is 0 Å². The highest BCUT2D eigenvalue weighted by Crippen LogP contribution is 2.22. The van der Waals surface area contributed by atoms with Crippen molar-refractivity contribution in [3.05, 3.63) is 0 Å². The van der Waals surface area contributed by atoms with Crippen LogP contribution in [-0.4, -0.2) is 29.9 Å². The van der Waals surface area contributed by atoms with Gasteiger partial charge in [-0.15, -0.1) is 0 Å². The molecule has 0 spiro atoms. The van der Waals surface area contributed by atoms with Gasteiger partial charge >= 0.3 is 0 Å². The molecule has 0 radical (unpaired) electrons. The maximum Gasteiger partial charge on any atom is 0.224 e. The van der Waals surface area contributed by atoms with Crippen molar-refractivity contribution in [2.45, 2.75) is 58.4 Å². The molecule has 1 atom stereocenters. The summed E-state index contributed by atoms with van der Waals surface area (Å²) in [5.74, 6) is 1.10. The molecule has 3 nitrogen and oxygen atoms in total. The molecule has 1 aliphatic rings. The number of nitrogens with two attached hydrogens (primary N) is 1. The zero-order valence-electron chi connectivity index (χ0n) is 10.7. The summed E-state index contributed by atoms with van der Waals surface area (Å²) in [6.07, 6.45) is 6.35. The van der Waals surface area contributed by atoms with Gasteiger partial charge in [0.2, 0.25) is 5.91 Å². The third-order valence-corrected chi connectivity index (χ3v) is 3.63. The highest BCUT2D eigenvalue weighted by molar-refractivity contribution is 5.76. The first-order valence-corrected chi connectivity index (χ1v) is 6.70. The standard InChI is InChI=1S/C13H26N2O/c1-3-5-11-6-8-15(9-7-11)13(16)10-12(14)4-2/h11-12H,3-10,14H2,1-2H3. The van der Waals surface area contributed by atoms with E-state index in [1.54, 1.807) is 0 Å². The van der Waals surface area contributed by atoms with Crippen molar-refractivity contribution < 1.29 is 4.79 Å². The van der Waals surface area contributed by atoms with Gasteiger partial charge in [0.25, 0.3) is 0 Å². The van der Waals surface area contributed by atoms with Crippen LogP contribution in [0.15, 0.2) is 0 Å². The van der Waals surface area contributed by atoms with Gasteiger partial charge in [0.05, 0.1) is 0 Å². The largest absolute Gasteiger partial charge is 0.343 e. The summed E-state index contributed by atoms with van der Waals surface area (Å²) >= 11 is 0. The molecule has 1 aliphatic heterocycles. The SMILES string of the molecule is CCCC1CCN(C(=O)CC(N)CC)CC1. The smallest absolute Gasteiger partial charge is 0.224 e. The van der Waals surface area contributed by atoms with Crippen molar-refractivity contribution in [2.24, 2.45) is 11.7 Å². The first-order chi connectivity index (χ1) is 7.67. The average molecular weight is 226 g/mol. The zero-order valence-corrected chi connectivity index (χ0v) is 10.7. The Bertz CT molecular complexity index is 210. The summed E-state index contributed by atoms with van der Waals surface area (Å²) in [7, 11) is 0. The maximum absolute atomic E-state index is 11.9. The summed E-state index contributed by atoms with van der Waals surface area (Å²) in [5, 5.41) is 0. The van der Waals surface area contributed by atoms with Crippen molar-refractivity contribution in [2.75, 3.05) is 13.1 Å². The van der Waals surface area contributed by atoms with E-state index in [0.717, 1.165) is 25.4 Å². The summed E-state index contributed by atoms with van der Waals surface area (Å²) in [6.45, 7) is 6.16. The summed E-state index contributed by atoms with van der Waals surface area (Å²) < 4.78 is 0. The molecule has 1 fully saturated rings. The highest BCUT2D eigenvalue weighted by Gasteiger charge is 2.22. The van der Waals surface area contributed by atoms with Gasteiger partial charge in [-0.25, -0.2) is 0 Å². The molecule has 0 aromatic carbocycles. The predicted molar refractivity (Wildman–Crippen MR) is 67.1 cm³/mol. The Balaban J connectivity index is 2.27. The second-order valence-corrected chi connectivity index (χ2v) is 4.99. The molecule has 0 saturated carbocycles. The minimum absolute atomic E-state index is 0.0425. The van der Waals surface area contributed by atoms with Crippen LogP contribution in [0.5, 0.6) is 0 Å². The average Bonchev–Trinajstić information content (AvgIpc) is 2.30. The van der Waals surface area contributed by atoms with E-state index in [0.29, 0.717) is 6.42 Å².